The van der Waals surface area contributed by atoms with Gasteiger partial charge in [0, 0.05) is 28.9 Å². The lowest BCUT2D eigenvalue weighted by molar-refractivity contribution is -0.147. The molecule has 7 heteroatoms. The molecule has 2 N–H and O–H groups in total. The Bertz CT molecular complexity index is 1110. The molecule has 2 rings (SSSR count). The van der Waals surface area contributed by atoms with Gasteiger partial charge in [-0.25, -0.2) is 0 Å². The molecule has 2 aliphatic carbocycles. The topological polar surface area (TPSA) is 126 Å². The number of rotatable bonds is 14. The summed E-state index contributed by atoms with van der Waals surface area (Å²) in [6.45, 7) is 7.34. The first-order chi connectivity index (χ1) is 17.3. The SMILES string of the molecule is CC(C)(CO)CCCCC1=CC(=O)C=C(/C=C/C2=CC(=O)C=C(CCCCC(C)(C)C(=O)O)C2=O)C1=O. The lowest BCUT2D eigenvalue weighted by Gasteiger charge is -2.21. The highest BCUT2D eigenvalue weighted by Gasteiger charge is 2.27. The van der Waals surface area contributed by atoms with Crippen LogP contribution in [0.5, 0.6) is 0 Å². The highest BCUT2D eigenvalue weighted by Crippen LogP contribution is 2.27. The molecule has 2 aliphatic rings. The van der Waals surface area contributed by atoms with Crippen molar-refractivity contribution in [2.75, 3.05) is 6.61 Å². The van der Waals surface area contributed by atoms with Crippen LogP contribution in [0, 0.1) is 10.8 Å². The summed E-state index contributed by atoms with van der Waals surface area (Å²) in [6, 6.07) is 0. The van der Waals surface area contributed by atoms with Gasteiger partial charge >= 0.3 is 5.97 Å². The van der Waals surface area contributed by atoms with E-state index in [1.165, 1.54) is 36.5 Å². The van der Waals surface area contributed by atoms with Crippen LogP contribution in [0.15, 0.2) is 58.7 Å². The Morgan fingerprint density at radius 3 is 1.57 bits per heavy atom. The fraction of sp³-hybridized carbons (Fsp3) is 0.500. The van der Waals surface area contributed by atoms with Crippen molar-refractivity contribution in [3.8, 4) is 0 Å². The van der Waals surface area contributed by atoms with Crippen LogP contribution in [0.3, 0.4) is 0 Å². The Balaban J connectivity index is 1.97. The van der Waals surface area contributed by atoms with E-state index in [9.17, 15) is 34.2 Å². The van der Waals surface area contributed by atoms with E-state index in [4.69, 9.17) is 0 Å². The summed E-state index contributed by atoms with van der Waals surface area (Å²) in [7, 11) is 0. The van der Waals surface area contributed by atoms with Gasteiger partial charge in [0.2, 0.25) is 0 Å². The van der Waals surface area contributed by atoms with Gasteiger partial charge in [-0.3, -0.25) is 24.0 Å². The summed E-state index contributed by atoms with van der Waals surface area (Å²) in [5, 5.41) is 18.6. The average molecular weight is 511 g/mol. The van der Waals surface area contributed by atoms with Gasteiger partial charge in [0.15, 0.2) is 23.1 Å². The number of unbranched alkanes of at least 4 members (excludes halogenated alkanes) is 2. The van der Waals surface area contributed by atoms with Crippen molar-refractivity contribution in [1.29, 1.82) is 0 Å². The molecule has 0 aliphatic heterocycles. The standard InChI is InChI=1S/C30H38O7/c1-29(2,19-31)13-7-5-9-20-15-24(32)17-22(26(20)34)11-12-23-18-25(33)16-21(27(23)35)10-6-8-14-30(3,4)28(36)37/h11-12,15-18,31H,5-10,13-14,19H2,1-4H3,(H,36,37)/b12-11+. The molecular formula is C30H38O7. The summed E-state index contributed by atoms with van der Waals surface area (Å²) in [4.78, 5) is 61.4. The third kappa shape index (κ3) is 9.01. The zero-order valence-electron chi connectivity index (χ0n) is 22.3. The fourth-order valence-corrected chi connectivity index (χ4v) is 4.15. The van der Waals surface area contributed by atoms with Gasteiger partial charge in [-0.1, -0.05) is 38.8 Å². The van der Waals surface area contributed by atoms with E-state index in [0.717, 1.165) is 12.8 Å². The number of carbonyl (C=O) groups excluding carboxylic acids is 4. The number of aliphatic hydroxyl groups is 1. The Hall–Kier alpha value is -3.19. The maximum absolute atomic E-state index is 12.9. The predicted octanol–water partition coefficient (Wildman–Crippen LogP) is 4.80. The number of carboxylic acids is 1. The third-order valence-corrected chi connectivity index (χ3v) is 6.83. The predicted molar refractivity (Wildman–Crippen MR) is 141 cm³/mol. The highest BCUT2D eigenvalue weighted by molar-refractivity contribution is 6.23. The molecule has 37 heavy (non-hydrogen) atoms. The van der Waals surface area contributed by atoms with Crippen LogP contribution in [0.2, 0.25) is 0 Å². The summed E-state index contributed by atoms with van der Waals surface area (Å²) in [5.41, 5.74) is 0.0539. The maximum atomic E-state index is 12.9. The van der Waals surface area contributed by atoms with Gasteiger partial charge in [-0.2, -0.15) is 0 Å². The second-order valence-electron chi connectivity index (χ2n) is 11.3. The molecule has 0 unspecified atom stereocenters. The van der Waals surface area contributed by atoms with Crippen LogP contribution >= 0.6 is 0 Å². The Morgan fingerprint density at radius 1 is 0.730 bits per heavy atom. The summed E-state index contributed by atoms with van der Waals surface area (Å²) in [6.07, 6.45) is 12.7. The molecule has 7 nitrogen and oxygen atoms in total. The van der Waals surface area contributed by atoms with Crippen molar-refractivity contribution in [1.82, 2.24) is 0 Å². The average Bonchev–Trinajstić information content (AvgIpc) is 2.82. The second kappa shape index (κ2) is 12.9. The number of Topliss-reactive ketones (excluding diaryl/α,β-unsaturated/α-hetero) is 2. The number of allylic oxidation sites excluding steroid dienone is 10. The van der Waals surface area contributed by atoms with Gasteiger partial charge in [0.05, 0.1) is 5.41 Å². The van der Waals surface area contributed by atoms with Gasteiger partial charge in [-0.15, -0.1) is 0 Å². The third-order valence-electron chi connectivity index (χ3n) is 6.83. The van der Waals surface area contributed by atoms with E-state index in [1.54, 1.807) is 13.8 Å². The molecule has 0 amide bonds. The van der Waals surface area contributed by atoms with E-state index >= 15 is 0 Å². The number of hydrogen-bond donors (Lipinski definition) is 2. The monoisotopic (exact) mass is 510 g/mol. The smallest absolute Gasteiger partial charge is 0.309 e. The van der Waals surface area contributed by atoms with Gasteiger partial charge in [0.25, 0.3) is 0 Å². The molecule has 0 aromatic heterocycles. The van der Waals surface area contributed by atoms with Crippen LogP contribution in [0.4, 0.5) is 0 Å². The molecule has 0 heterocycles. The molecule has 200 valence electrons. The number of aliphatic carboxylic acids is 1. The lowest BCUT2D eigenvalue weighted by atomic mass is 9.85. The van der Waals surface area contributed by atoms with Gasteiger partial charge in [0.1, 0.15) is 0 Å². The summed E-state index contributed by atoms with van der Waals surface area (Å²) < 4.78 is 0. The minimum absolute atomic E-state index is 0.0850. The molecule has 0 spiro atoms. The Kier molecular flexibility index (Phi) is 10.4. The van der Waals surface area contributed by atoms with E-state index in [2.05, 4.69) is 0 Å². The fourth-order valence-electron chi connectivity index (χ4n) is 4.15. The minimum Gasteiger partial charge on any atom is -0.481 e. The van der Waals surface area contributed by atoms with Crippen molar-refractivity contribution in [3.05, 3.63) is 58.7 Å². The second-order valence-corrected chi connectivity index (χ2v) is 11.3. The highest BCUT2D eigenvalue weighted by atomic mass is 16.4. The van der Waals surface area contributed by atoms with Gasteiger partial charge < -0.3 is 10.2 Å². The maximum Gasteiger partial charge on any atom is 0.309 e. The molecule has 0 saturated heterocycles. The summed E-state index contributed by atoms with van der Waals surface area (Å²) >= 11 is 0. The van der Waals surface area contributed by atoms with Crippen molar-refractivity contribution in [2.45, 2.75) is 79.1 Å². The summed E-state index contributed by atoms with van der Waals surface area (Å²) in [5.74, 6) is -2.09. The van der Waals surface area contributed by atoms with Crippen molar-refractivity contribution < 1.29 is 34.2 Å². The zero-order valence-corrected chi connectivity index (χ0v) is 22.3. The normalized spacial score (nSPS) is 17.1. The molecular weight excluding hydrogens is 472 g/mol. The Labute approximate surface area is 218 Å². The number of carbonyl (C=O) groups is 5. The van der Waals surface area contributed by atoms with Crippen LogP contribution < -0.4 is 0 Å². The lowest BCUT2D eigenvalue weighted by Crippen LogP contribution is -2.23. The van der Waals surface area contributed by atoms with E-state index in [-0.39, 0.29) is 46.3 Å². The number of carboxylic acid groups (broad SMARTS) is 1. The Morgan fingerprint density at radius 2 is 1.16 bits per heavy atom. The molecule has 0 radical (unpaired) electrons. The molecule has 0 bridgehead atoms. The zero-order chi connectivity index (χ0) is 27.8. The quantitative estimate of drug-likeness (QED) is 0.254. The van der Waals surface area contributed by atoms with Gasteiger partial charge in [-0.05, 0) is 82.1 Å². The molecule has 0 atom stereocenters. The largest absolute Gasteiger partial charge is 0.481 e. The molecule has 0 fully saturated rings. The first-order valence-electron chi connectivity index (χ1n) is 12.8. The number of ketones is 4. The van der Waals surface area contributed by atoms with Crippen LogP contribution in [0.1, 0.15) is 79.1 Å². The van der Waals surface area contributed by atoms with Crippen LogP contribution in [0.25, 0.3) is 0 Å². The number of hydrogen-bond acceptors (Lipinski definition) is 6. The number of aliphatic hydroxyl groups excluding tert-OH is 1. The first-order valence-corrected chi connectivity index (χ1v) is 12.8. The minimum atomic E-state index is -0.875. The molecule has 0 aromatic carbocycles. The van der Waals surface area contributed by atoms with Crippen molar-refractivity contribution >= 4 is 29.1 Å². The van der Waals surface area contributed by atoms with Crippen LogP contribution in [-0.2, 0) is 24.0 Å². The molecule has 0 aromatic rings. The van der Waals surface area contributed by atoms with E-state index < -0.39 is 11.4 Å². The van der Waals surface area contributed by atoms with Crippen molar-refractivity contribution in [3.63, 3.8) is 0 Å². The molecule has 0 saturated carbocycles. The van der Waals surface area contributed by atoms with E-state index in [0.29, 0.717) is 49.7 Å². The van der Waals surface area contributed by atoms with Crippen LogP contribution in [-0.4, -0.2) is 45.9 Å². The van der Waals surface area contributed by atoms with E-state index in [1.807, 2.05) is 13.8 Å². The first kappa shape index (κ1) is 30.0. The van der Waals surface area contributed by atoms with Crippen molar-refractivity contribution in [2.24, 2.45) is 10.8 Å².